The summed E-state index contributed by atoms with van der Waals surface area (Å²) in [6.45, 7) is 0. The van der Waals surface area contributed by atoms with E-state index in [1.165, 1.54) is 11.3 Å². The summed E-state index contributed by atoms with van der Waals surface area (Å²) in [5.41, 5.74) is 0.642. The van der Waals surface area contributed by atoms with Crippen molar-refractivity contribution in [3.05, 3.63) is 23.1 Å². The molecule has 0 aliphatic carbocycles. The van der Waals surface area contributed by atoms with Crippen molar-refractivity contribution >= 4 is 33.2 Å². The Hall–Kier alpha value is -1.18. The van der Waals surface area contributed by atoms with Crippen LogP contribution >= 0.6 is 23.1 Å². The quantitative estimate of drug-likeness (QED) is 0.752. The molecule has 0 spiro atoms. The molecule has 0 fully saturated rings. The van der Waals surface area contributed by atoms with E-state index in [9.17, 15) is 5.11 Å². The van der Waals surface area contributed by atoms with E-state index in [-0.39, 0.29) is 0 Å². The van der Waals surface area contributed by atoms with E-state index in [0.29, 0.717) is 11.3 Å². The molecule has 0 radical (unpaired) electrons. The minimum absolute atomic E-state index is 0.304. The van der Waals surface area contributed by atoms with Crippen LogP contribution in [0.2, 0.25) is 0 Å². The Bertz CT molecular complexity index is 525. The van der Waals surface area contributed by atoms with Gasteiger partial charge in [-0.1, -0.05) is 0 Å². The number of thiophene rings is 1. The molecule has 1 heterocycles. The maximum absolute atomic E-state index is 9.60. The number of aromatic hydroxyl groups is 1. The van der Waals surface area contributed by atoms with E-state index in [2.05, 4.69) is 6.07 Å². The van der Waals surface area contributed by atoms with Crippen LogP contribution in [0.5, 0.6) is 5.75 Å². The van der Waals surface area contributed by atoms with Gasteiger partial charge in [-0.15, -0.1) is 23.1 Å². The highest BCUT2D eigenvalue weighted by atomic mass is 32.2. The smallest absolute Gasteiger partial charge is 0.135 e. The molecule has 0 unspecified atom stereocenters. The Morgan fingerprint density at radius 3 is 2.93 bits per heavy atom. The molecule has 2 nitrogen and oxygen atoms in total. The third-order valence-corrected chi connectivity index (χ3v) is 3.65. The second-order valence-electron chi connectivity index (χ2n) is 2.78. The molecular formula is C10H7NOS2. The lowest BCUT2D eigenvalue weighted by Crippen LogP contribution is -1.77. The number of nitrogens with zero attached hydrogens (tertiary/aromatic N) is 1. The number of nitriles is 1. The second-order valence-corrected chi connectivity index (χ2v) is 4.54. The molecule has 0 aliphatic rings. The molecule has 0 amide bonds. The number of fused-ring (bicyclic) bond motifs is 1. The summed E-state index contributed by atoms with van der Waals surface area (Å²) in [6.07, 6.45) is 1.94. The van der Waals surface area contributed by atoms with Crippen molar-refractivity contribution in [3.63, 3.8) is 0 Å². The van der Waals surface area contributed by atoms with E-state index >= 15 is 0 Å². The number of rotatable bonds is 1. The lowest BCUT2D eigenvalue weighted by atomic mass is 10.2. The SMILES string of the molecule is CSc1cc(C#N)cc2scc(O)c12. The summed E-state index contributed by atoms with van der Waals surface area (Å²) < 4.78 is 0.964. The molecule has 0 atom stereocenters. The van der Waals surface area contributed by atoms with Crippen LogP contribution in [0.1, 0.15) is 5.56 Å². The van der Waals surface area contributed by atoms with Crippen molar-refractivity contribution in [1.29, 1.82) is 5.26 Å². The fourth-order valence-corrected chi connectivity index (χ4v) is 2.95. The molecule has 2 aromatic rings. The molecule has 1 N–H and O–H groups in total. The molecule has 1 aromatic heterocycles. The third-order valence-electron chi connectivity index (χ3n) is 1.97. The molecule has 70 valence electrons. The van der Waals surface area contributed by atoms with Crippen molar-refractivity contribution in [2.75, 3.05) is 6.26 Å². The van der Waals surface area contributed by atoms with E-state index in [1.54, 1.807) is 29.3 Å². The van der Waals surface area contributed by atoms with Crippen molar-refractivity contribution in [3.8, 4) is 11.8 Å². The summed E-state index contributed by atoms with van der Waals surface area (Å²) in [5, 5.41) is 21.0. The van der Waals surface area contributed by atoms with Gasteiger partial charge in [0.25, 0.3) is 0 Å². The van der Waals surface area contributed by atoms with Crippen LogP contribution in [-0.2, 0) is 0 Å². The highest BCUT2D eigenvalue weighted by Gasteiger charge is 2.09. The van der Waals surface area contributed by atoms with Crippen LogP contribution in [0, 0.1) is 11.3 Å². The molecule has 0 saturated carbocycles. The first-order valence-electron chi connectivity index (χ1n) is 3.94. The van der Waals surface area contributed by atoms with Crippen LogP contribution in [-0.4, -0.2) is 11.4 Å². The molecular weight excluding hydrogens is 214 g/mol. The number of hydrogen-bond acceptors (Lipinski definition) is 4. The maximum Gasteiger partial charge on any atom is 0.135 e. The highest BCUT2D eigenvalue weighted by Crippen LogP contribution is 2.38. The van der Waals surface area contributed by atoms with Gasteiger partial charge in [0.1, 0.15) is 5.75 Å². The summed E-state index contributed by atoms with van der Waals surface area (Å²) in [6, 6.07) is 5.72. The highest BCUT2D eigenvalue weighted by molar-refractivity contribution is 7.98. The first-order valence-corrected chi connectivity index (χ1v) is 6.05. The summed E-state index contributed by atoms with van der Waals surface area (Å²) in [5.74, 6) is 0.304. The van der Waals surface area contributed by atoms with Gasteiger partial charge in [0.2, 0.25) is 0 Å². The van der Waals surface area contributed by atoms with Crippen molar-refractivity contribution in [1.82, 2.24) is 0 Å². The first kappa shape index (κ1) is 9.38. The summed E-state index contributed by atoms with van der Waals surface area (Å²) in [7, 11) is 0. The minimum atomic E-state index is 0.304. The van der Waals surface area contributed by atoms with Gasteiger partial charge in [0.15, 0.2) is 0 Å². The Kier molecular flexibility index (Phi) is 2.36. The lowest BCUT2D eigenvalue weighted by Gasteiger charge is -2.00. The number of thioether (sulfide) groups is 1. The lowest BCUT2D eigenvalue weighted by molar-refractivity contribution is 0.483. The Morgan fingerprint density at radius 2 is 2.29 bits per heavy atom. The van der Waals surface area contributed by atoms with Crippen molar-refractivity contribution < 1.29 is 5.11 Å². The zero-order valence-corrected chi connectivity index (χ0v) is 9.08. The predicted molar refractivity (Wildman–Crippen MR) is 60.0 cm³/mol. The predicted octanol–water partition coefficient (Wildman–Crippen LogP) is 3.20. The van der Waals surface area contributed by atoms with Gasteiger partial charge in [0, 0.05) is 20.4 Å². The van der Waals surface area contributed by atoms with Crippen molar-refractivity contribution in [2.24, 2.45) is 0 Å². The topological polar surface area (TPSA) is 44.0 Å². The standard InChI is InChI=1S/C10H7NOS2/c1-13-8-2-6(4-11)3-9-10(8)7(12)5-14-9/h2-3,5,12H,1H3. The van der Waals surface area contributed by atoms with Crippen molar-refractivity contribution in [2.45, 2.75) is 4.90 Å². The molecule has 0 aliphatic heterocycles. The van der Waals surface area contributed by atoms with Crippen LogP contribution in [0.15, 0.2) is 22.4 Å². The summed E-state index contributed by atoms with van der Waals surface area (Å²) in [4.78, 5) is 0.956. The molecule has 4 heteroatoms. The molecule has 2 rings (SSSR count). The first-order chi connectivity index (χ1) is 6.76. The molecule has 0 saturated heterocycles. The van der Waals surface area contributed by atoms with E-state index < -0.39 is 0 Å². The van der Waals surface area contributed by atoms with Gasteiger partial charge >= 0.3 is 0 Å². The largest absolute Gasteiger partial charge is 0.506 e. The van der Waals surface area contributed by atoms with Crippen LogP contribution < -0.4 is 0 Å². The van der Waals surface area contributed by atoms with Crippen LogP contribution in [0.3, 0.4) is 0 Å². The van der Waals surface area contributed by atoms with E-state index in [1.807, 2.05) is 6.26 Å². The van der Waals surface area contributed by atoms with Gasteiger partial charge < -0.3 is 5.11 Å². The Morgan fingerprint density at radius 1 is 1.50 bits per heavy atom. The van der Waals surface area contributed by atoms with Gasteiger partial charge in [-0.25, -0.2) is 0 Å². The average Bonchev–Trinajstić information content (AvgIpc) is 2.59. The number of hydrogen-bond donors (Lipinski definition) is 1. The Labute approximate surface area is 89.8 Å². The maximum atomic E-state index is 9.60. The fourth-order valence-electron chi connectivity index (χ4n) is 1.34. The van der Waals surface area contributed by atoms with E-state index in [0.717, 1.165) is 15.0 Å². The van der Waals surface area contributed by atoms with Gasteiger partial charge in [0.05, 0.1) is 11.6 Å². The molecule has 1 aromatic carbocycles. The average molecular weight is 221 g/mol. The van der Waals surface area contributed by atoms with Crippen LogP contribution in [0.25, 0.3) is 10.1 Å². The minimum Gasteiger partial charge on any atom is -0.506 e. The molecule has 0 bridgehead atoms. The zero-order chi connectivity index (χ0) is 10.1. The monoisotopic (exact) mass is 221 g/mol. The number of benzene rings is 1. The van der Waals surface area contributed by atoms with Gasteiger partial charge in [-0.2, -0.15) is 5.26 Å². The summed E-state index contributed by atoms with van der Waals surface area (Å²) >= 11 is 3.00. The Balaban J connectivity index is 2.84. The zero-order valence-electron chi connectivity index (χ0n) is 7.44. The molecule has 14 heavy (non-hydrogen) atoms. The van der Waals surface area contributed by atoms with E-state index in [4.69, 9.17) is 5.26 Å². The van der Waals surface area contributed by atoms with Gasteiger partial charge in [-0.3, -0.25) is 0 Å². The van der Waals surface area contributed by atoms with Gasteiger partial charge in [-0.05, 0) is 18.4 Å². The second kappa shape index (κ2) is 3.52. The van der Waals surface area contributed by atoms with Crippen LogP contribution in [0.4, 0.5) is 0 Å². The third kappa shape index (κ3) is 1.35. The normalized spacial score (nSPS) is 10.3. The fraction of sp³-hybridized carbons (Fsp3) is 0.100.